The first kappa shape index (κ1) is 15.8. The van der Waals surface area contributed by atoms with Crippen molar-refractivity contribution in [3.63, 3.8) is 0 Å². The zero-order chi connectivity index (χ0) is 16.2. The van der Waals surface area contributed by atoms with Gasteiger partial charge in [-0.15, -0.1) is 0 Å². The molecule has 0 aliphatic carbocycles. The number of benzene rings is 2. The number of nitrogens with zero attached hydrogens (tertiary/aromatic N) is 1. The lowest BCUT2D eigenvalue weighted by atomic mass is 9.90. The topological polar surface area (TPSA) is 40.5 Å². The van der Waals surface area contributed by atoms with E-state index < -0.39 is 6.10 Å². The molecule has 1 aliphatic rings. The highest BCUT2D eigenvalue weighted by atomic mass is 16.3. The van der Waals surface area contributed by atoms with Crippen LogP contribution < -0.4 is 0 Å². The van der Waals surface area contributed by atoms with Gasteiger partial charge in [-0.25, -0.2) is 0 Å². The molecule has 1 amide bonds. The summed E-state index contributed by atoms with van der Waals surface area (Å²) in [4.78, 5) is 14.4. The van der Waals surface area contributed by atoms with Crippen molar-refractivity contribution in [3.05, 3.63) is 71.8 Å². The van der Waals surface area contributed by atoms with Gasteiger partial charge in [-0.3, -0.25) is 4.79 Å². The van der Waals surface area contributed by atoms with E-state index in [0.29, 0.717) is 18.9 Å². The molecule has 1 aliphatic heterocycles. The second-order valence-corrected chi connectivity index (χ2v) is 6.40. The molecule has 2 aromatic carbocycles. The summed E-state index contributed by atoms with van der Waals surface area (Å²) in [6.45, 7) is 2.86. The molecule has 0 bridgehead atoms. The molecule has 3 nitrogen and oxygen atoms in total. The Kier molecular flexibility index (Phi) is 4.77. The summed E-state index contributed by atoms with van der Waals surface area (Å²) in [7, 11) is 0. The average molecular weight is 309 g/mol. The predicted octanol–water partition coefficient (Wildman–Crippen LogP) is 3.72. The summed E-state index contributed by atoms with van der Waals surface area (Å²) >= 11 is 0. The summed E-state index contributed by atoms with van der Waals surface area (Å²) in [5.41, 5.74) is 1.82. The third-order valence-electron chi connectivity index (χ3n) is 4.60. The Morgan fingerprint density at radius 2 is 1.57 bits per heavy atom. The van der Waals surface area contributed by atoms with Gasteiger partial charge < -0.3 is 10.0 Å². The van der Waals surface area contributed by atoms with Crippen molar-refractivity contribution >= 4 is 5.91 Å². The van der Waals surface area contributed by atoms with Crippen LogP contribution in [0.25, 0.3) is 0 Å². The van der Waals surface area contributed by atoms with Crippen LogP contribution in [0.2, 0.25) is 0 Å². The molecule has 1 heterocycles. The molecule has 1 N–H and O–H groups in total. The summed E-state index contributed by atoms with van der Waals surface area (Å²) in [5, 5.41) is 11.0. The number of hydrogen-bond donors (Lipinski definition) is 1. The first-order chi connectivity index (χ1) is 11.2. The number of rotatable bonds is 4. The Hall–Kier alpha value is -2.13. The number of aliphatic hydroxyl groups is 1. The van der Waals surface area contributed by atoms with Crippen molar-refractivity contribution in [2.24, 2.45) is 5.92 Å². The van der Waals surface area contributed by atoms with E-state index in [1.54, 1.807) is 0 Å². The molecule has 23 heavy (non-hydrogen) atoms. The first-order valence-electron chi connectivity index (χ1n) is 8.24. The monoisotopic (exact) mass is 309 g/mol. The zero-order valence-corrected chi connectivity index (χ0v) is 13.4. The molecule has 0 saturated carbocycles. The Bertz CT molecular complexity index is 641. The standard InChI is InChI=1S/C20H23NO2/c1-15-12-13-18(22)21(14-15)19(16-8-4-2-5-9-16)20(23)17-10-6-3-7-11-17/h2-11,15,19-20,23H,12-14H2,1H3. The minimum Gasteiger partial charge on any atom is -0.386 e. The van der Waals surface area contributed by atoms with Gasteiger partial charge in [0.1, 0.15) is 6.10 Å². The maximum Gasteiger partial charge on any atom is 0.223 e. The van der Waals surface area contributed by atoms with Crippen molar-refractivity contribution in [2.45, 2.75) is 31.9 Å². The highest BCUT2D eigenvalue weighted by molar-refractivity contribution is 5.77. The van der Waals surface area contributed by atoms with Crippen molar-refractivity contribution < 1.29 is 9.90 Å². The minimum atomic E-state index is -0.729. The van der Waals surface area contributed by atoms with Crippen LogP contribution in [0.1, 0.15) is 43.0 Å². The maximum absolute atomic E-state index is 12.5. The summed E-state index contributed by atoms with van der Waals surface area (Å²) in [6.07, 6.45) is 0.762. The van der Waals surface area contributed by atoms with E-state index in [2.05, 4.69) is 6.92 Å². The molecule has 3 atom stereocenters. The van der Waals surface area contributed by atoms with Crippen LogP contribution >= 0.6 is 0 Å². The second-order valence-electron chi connectivity index (χ2n) is 6.40. The van der Waals surface area contributed by atoms with Crippen LogP contribution in [-0.4, -0.2) is 22.5 Å². The van der Waals surface area contributed by atoms with E-state index >= 15 is 0 Å². The van der Waals surface area contributed by atoms with E-state index in [4.69, 9.17) is 0 Å². The number of carbonyl (C=O) groups is 1. The Morgan fingerprint density at radius 3 is 2.17 bits per heavy atom. The molecule has 0 spiro atoms. The molecule has 0 radical (unpaired) electrons. The van der Waals surface area contributed by atoms with Crippen molar-refractivity contribution in [1.82, 2.24) is 4.90 Å². The SMILES string of the molecule is CC1CCC(=O)N(C(c2ccccc2)C(O)c2ccccc2)C1. The van der Waals surface area contributed by atoms with Gasteiger partial charge in [-0.1, -0.05) is 67.6 Å². The van der Waals surface area contributed by atoms with E-state index in [-0.39, 0.29) is 11.9 Å². The normalized spacial score (nSPS) is 21.0. The molecule has 3 rings (SSSR count). The fourth-order valence-corrected chi connectivity index (χ4v) is 3.33. The molecule has 0 aromatic heterocycles. The van der Waals surface area contributed by atoms with Crippen LogP contribution in [0.4, 0.5) is 0 Å². The summed E-state index contributed by atoms with van der Waals surface area (Å²) in [6, 6.07) is 19.1. The molecular formula is C20H23NO2. The lowest BCUT2D eigenvalue weighted by molar-refractivity contribution is -0.140. The van der Waals surface area contributed by atoms with E-state index in [1.807, 2.05) is 65.6 Å². The maximum atomic E-state index is 12.5. The van der Waals surface area contributed by atoms with Gasteiger partial charge in [0.25, 0.3) is 0 Å². The average Bonchev–Trinajstić information content (AvgIpc) is 2.60. The van der Waals surface area contributed by atoms with Gasteiger partial charge in [-0.05, 0) is 23.5 Å². The Morgan fingerprint density at radius 1 is 1.00 bits per heavy atom. The number of piperidine rings is 1. The second kappa shape index (κ2) is 6.97. The Labute approximate surface area is 137 Å². The van der Waals surface area contributed by atoms with Crippen LogP contribution in [0.15, 0.2) is 60.7 Å². The van der Waals surface area contributed by atoms with Crippen molar-refractivity contribution in [1.29, 1.82) is 0 Å². The number of amides is 1. The number of carbonyl (C=O) groups excluding carboxylic acids is 1. The number of aliphatic hydroxyl groups excluding tert-OH is 1. The molecule has 3 unspecified atom stereocenters. The van der Waals surface area contributed by atoms with Crippen molar-refractivity contribution in [2.75, 3.05) is 6.54 Å². The third-order valence-corrected chi connectivity index (χ3v) is 4.60. The van der Waals surface area contributed by atoms with Gasteiger partial charge in [0, 0.05) is 13.0 Å². The number of hydrogen-bond acceptors (Lipinski definition) is 2. The van der Waals surface area contributed by atoms with E-state index in [0.717, 1.165) is 17.5 Å². The number of likely N-dealkylation sites (tertiary alicyclic amines) is 1. The zero-order valence-electron chi connectivity index (χ0n) is 13.4. The first-order valence-corrected chi connectivity index (χ1v) is 8.24. The quantitative estimate of drug-likeness (QED) is 0.935. The lowest BCUT2D eigenvalue weighted by Crippen LogP contribution is -2.43. The van der Waals surface area contributed by atoms with Crippen LogP contribution in [0.5, 0.6) is 0 Å². The highest BCUT2D eigenvalue weighted by Crippen LogP contribution is 2.37. The van der Waals surface area contributed by atoms with Gasteiger partial charge in [0.05, 0.1) is 6.04 Å². The van der Waals surface area contributed by atoms with E-state index in [1.165, 1.54) is 0 Å². The molecule has 1 saturated heterocycles. The third kappa shape index (κ3) is 3.45. The van der Waals surface area contributed by atoms with Crippen molar-refractivity contribution in [3.8, 4) is 0 Å². The lowest BCUT2D eigenvalue weighted by Gasteiger charge is -2.40. The minimum absolute atomic E-state index is 0.131. The molecular weight excluding hydrogens is 286 g/mol. The fourth-order valence-electron chi connectivity index (χ4n) is 3.33. The summed E-state index contributed by atoms with van der Waals surface area (Å²) < 4.78 is 0. The largest absolute Gasteiger partial charge is 0.386 e. The van der Waals surface area contributed by atoms with Crippen LogP contribution in [0, 0.1) is 5.92 Å². The molecule has 3 heteroatoms. The Balaban J connectivity index is 1.98. The predicted molar refractivity (Wildman–Crippen MR) is 90.7 cm³/mol. The van der Waals surface area contributed by atoms with E-state index in [9.17, 15) is 9.90 Å². The molecule has 1 fully saturated rings. The van der Waals surface area contributed by atoms with Crippen LogP contribution in [0.3, 0.4) is 0 Å². The highest BCUT2D eigenvalue weighted by Gasteiger charge is 2.35. The molecule has 120 valence electrons. The van der Waals surface area contributed by atoms with Gasteiger partial charge in [0.15, 0.2) is 0 Å². The molecule has 2 aromatic rings. The van der Waals surface area contributed by atoms with Crippen LogP contribution in [-0.2, 0) is 4.79 Å². The van der Waals surface area contributed by atoms with Gasteiger partial charge in [0.2, 0.25) is 5.91 Å². The fraction of sp³-hybridized carbons (Fsp3) is 0.350. The summed E-state index contributed by atoms with van der Waals surface area (Å²) in [5.74, 6) is 0.591. The smallest absolute Gasteiger partial charge is 0.223 e. The van der Waals surface area contributed by atoms with Gasteiger partial charge in [-0.2, -0.15) is 0 Å². The van der Waals surface area contributed by atoms with Gasteiger partial charge >= 0.3 is 0 Å².